The van der Waals surface area contributed by atoms with Crippen molar-refractivity contribution in [3.05, 3.63) is 59.2 Å². The van der Waals surface area contributed by atoms with E-state index in [1.165, 1.54) is 29.2 Å². The average molecular weight is 382 g/mol. The number of hydrogen-bond donors (Lipinski definition) is 0. The van der Waals surface area contributed by atoms with Gasteiger partial charge >= 0.3 is 5.97 Å². The van der Waals surface area contributed by atoms with Gasteiger partial charge in [0.2, 0.25) is 0 Å². The molecule has 146 valence electrons. The maximum atomic E-state index is 12.2. The SMILES string of the molecule is COc1ccc(CCN(C)C(=O)COC(=O)c2ccc(C#N)cc2)cc1OC. The molecule has 7 nitrogen and oxygen atoms in total. The van der Waals surface area contributed by atoms with Crippen LogP contribution in [0, 0.1) is 11.3 Å². The number of benzene rings is 2. The number of carbonyl (C=O) groups excluding carboxylic acids is 2. The summed E-state index contributed by atoms with van der Waals surface area (Å²) in [6, 6.07) is 13.6. The van der Waals surface area contributed by atoms with Gasteiger partial charge in [-0.15, -0.1) is 0 Å². The van der Waals surface area contributed by atoms with E-state index in [1.54, 1.807) is 21.3 Å². The first-order valence-corrected chi connectivity index (χ1v) is 8.60. The van der Waals surface area contributed by atoms with E-state index in [2.05, 4.69) is 0 Å². The fraction of sp³-hybridized carbons (Fsp3) is 0.286. The molecule has 0 aliphatic heterocycles. The zero-order valence-electron chi connectivity index (χ0n) is 16.1. The molecule has 0 atom stereocenters. The van der Waals surface area contributed by atoms with Crippen LogP contribution in [0.25, 0.3) is 0 Å². The summed E-state index contributed by atoms with van der Waals surface area (Å²) < 4.78 is 15.5. The highest BCUT2D eigenvalue weighted by Gasteiger charge is 2.14. The molecule has 1 amide bonds. The lowest BCUT2D eigenvalue weighted by molar-refractivity contribution is -0.133. The number of carbonyl (C=O) groups is 2. The number of methoxy groups -OCH3 is 2. The second-order valence-electron chi connectivity index (χ2n) is 6.02. The summed E-state index contributed by atoms with van der Waals surface area (Å²) in [5.41, 5.74) is 1.73. The number of hydrogen-bond acceptors (Lipinski definition) is 6. The van der Waals surface area contributed by atoms with Crippen molar-refractivity contribution in [2.24, 2.45) is 0 Å². The molecule has 0 aliphatic rings. The Labute approximate surface area is 164 Å². The number of nitriles is 1. The van der Waals surface area contributed by atoms with E-state index in [0.717, 1.165) is 5.56 Å². The van der Waals surface area contributed by atoms with E-state index in [1.807, 2.05) is 24.3 Å². The van der Waals surface area contributed by atoms with E-state index in [9.17, 15) is 9.59 Å². The summed E-state index contributed by atoms with van der Waals surface area (Å²) in [6.07, 6.45) is 0.617. The molecular formula is C21H22N2O5. The Morgan fingerprint density at radius 2 is 1.71 bits per heavy atom. The van der Waals surface area contributed by atoms with Crippen molar-refractivity contribution in [2.75, 3.05) is 34.4 Å². The average Bonchev–Trinajstić information content (AvgIpc) is 2.75. The smallest absolute Gasteiger partial charge is 0.338 e. The summed E-state index contributed by atoms with van der Waals surface area (Å²) in [5, 5.41) is 8.76. The zero-order valence-corrected chi connectivity index (χ0v) is 16.1. The Kier molecular flexibility index (Phi) is 7.40. The molecule has 0 fully saturated rings. The van der Waals surface area contributed by atoms with Crippen molar-refractivity contribution in [3.8, 4) is 17.6 Å². The van der Waals surface area contributed by atoms with Gasteiger partial charge in [-0.05, 0) is 48.4 Å². The summed E-state index contributed by atoms with van der Waals surface area (Å²) in [7, 11) is 4.79. The van der Waals surface area contributed by atoms with Gasteiger partial charge in [0.15, 0.2) is 18.1 Å². The predicted molar refractivity (Wildman–Crippen MR) is 102 cm³/mol. The Hall–Kier alpha value is -3.53. The molecular weight excluding hydrogens is 360 g/mol. The summed E-state index contributed by atoms with van der Waals surface area (Å²) in [6.45, 7) is 0.115. The number of amides is 1. The fourth-order valence-electron chi connectivity index (χ4n) is 2.46. The van der Waals surface area contributed by atoms with Gasteiger partial charge in [-0.2, -0.15) is 5.26 Å². The van der Waals surface area contributed by atoms with Crippen LogP contribution in [0.15, 0.2) is 42.5 Å². The Morgan fingerprint density at radius 3 is 2.32 bits per heavy atom. The Morgan fingerprint density at radius 1 is 1.04 bits per heavy atom. The topological polar surface area (TPSA) is 88.9 Å². The van der Waals surface area contributed by atoms with E-state index in [0.29, 0.717) is 35.6 Å². The zero-order chi connectivity index (χ0) is 20.5. The van der Waals surface area contributed by atoms with Crippen LogP contribution in [0.4, 0.5) is 0 Å². The number of likely N-dealkylation sites (N-methyl/N-ethyl adjacent to an activating group) is 1. The molecule has 0 aliphatic carbocycles. The molecule has 0 spiro atoms. The molecule has 0 N–H and O–H groups in total. The standard InChI is InChI=1S/C21H22N2O5/c1-23(11-10-15-6-9-18(26-2)19(12-15)27-3)20(24)14-28-21(25)17-7-4-16(13-22)5-8-17/h4-9,12H,10-11,14H2,1-3H3. The highest BCUT2D eigenvalue weighted by molar-refractivity contribution is 5.91. The summed E-state index contributed by atoms with van der Waals surface area (Å²) in [4.78, 5) is 25.7. The molecule has 0 unspecified atom stereocenters. The third kappa shape index (κ3) is 5.48. The molecule has 0 bridgehead atoms. The Balaban J connectivity index is 1.84. The second-order valence-corrected chi connectivity index (χ2v) is 6.02. The number of rotatable bonds is 8. The second kappa shape index (κ2) is 9.97. The van der Waals surface area contributed by atoms with Crippen LogP contribution in [-0.2, 0) is 16.0 Å². The molecule has 2 aromatic rings. The first-order chi connectivity index (χ1) is 13.5. The van der Waals surface area contributed by atoms with Crippen molar-refractivity contribution in [1.82, 2.24) is 4.90 Å². The van der Waals surface area contributed by atoms with Gasteiger partial charge in [-0.25, -0.2) is 4.79 Å². The molecule has 7 heteroatoms. The van der Waals surface area contributed by atoms with Crippen LogP contribution >= 0.6 is 0 Å². The molecule has 2 aromatic carbocycles. The molecule has 0 aromatic heterocycles. The number of ether oxygens (including phenoxy) is 3. The predicted octanol–water partition coefficient (Wildman–Crippen LogP) is 2.43. The summed E-state index contributed by atoms with van der Waals surface area (Å²) in [5.74, 6) is 0.365. The number of nitrogens with zero attached hydrogens (tertiary/aromatic N) is 2. The first kappa shape index (κ1) is 20.8. The van der Waals surface area contributed by atoms with Crippen LogP contribution in [0.2, 0.25) is 0 Å². The van der Waals surface area contributed by atoms with Gasteiger partial charge in [0.05, 0.1) is 31.4 Å². The maximum absolute atomic E-state index is 12.2. The fourth-order valence-corrected chi connectivity index (χ4v) is 2.46. The maximum Gasteiger partial charge on any atom is 0.338 e. The molecule has 0 radical (unpaired) electrons. The third-order valence-electron chi connectivity index (χ3n) is 4.19. The molecule has 28 heavy (non-hydrogen) atoms. The van der Waals surface area contributed by atoms with Gasteiger partial charge < -0.3 is 19.1 Å². The normalized spacial score (nSPS) is 9.93. The van der Waals surface area contributed by atoms with Gasteiger partial charge in [-0.3, -0.25) is 4.79 Å². The minimum atomic E-state index is -0.605. The molecule has 2 rings (SSSR count). The van der Waals surface area contributed by atoms with E-state index in [4.69, 9.17) is 19.5 Å². The third-order valence-corrected chi connectivity index (χ3v) is 4.19. The largest absolute Gasteiger partial charge is 0.493 e. The van der Waals surface area contributed by atoms with Gasteiger partial charge in [0.25, 0.3) is 5.91 Å². The number of esters is 1. The lowest BCUT2D eigenvalue weighted by Crippen LogP contribution is -2.32. The summed E-state index contributed by atoms with van der Waals surface area (Å²) >= 11 is 0. The van der Waals surface area contributed by atoms with Gasteiger partial charge in [0.1, 0.15) is 0 Å². The van der Waals surface area contributed by atoms with E-state index >= 15 is 0 Å². The quantitative estimate of drug-likeness (QED) is 0.652. The highest BCUT2D eigenvalue weighted by atomic mass is 16.5. The van der Waals surface area contributed by atoms with E-state index in [-0.39, 0.29) is 12.5 Å². The van der Waals surface area contributed by atoms with Crippen LogP contribution in [0.5, 0.6) is 11.5 Å². The monoisotopic (exact) mass is 382 g/mol. The van der Waals surface area contributed by atoms with Gasteiger partial charge in [-0.1, -0.05) is 6.07 Å². The first-order valence-electron chi connectivity index (χ1n) is 8.60. The minimum Gasteiger partial charge on any atom is -0.493 e. The van der Waals surface area contributed by atoms with E-state index < -0.39 is 5.97 Å². The van der Waals surface area contributed by atoms with Crippen molar-refractivity contribution in [1.29, 1.82) is 5.26 Å². The molecule has 0 heterocycles. The highest BCUT2D eigenvalue weighted by Crippen LogP contribution is 2.27. The minimum absolute atomic E-state index is 0.291. The van der Waals surface area contributed by atoms with Crippen molar-refractivity contribution in [3.63, 3.8) is 0 Å². The van der Waals surface area contributed by atoms with Crippen molar-refractivity contribution < 1.29 is 23.8 Å². The van der Waals surface area contributed by atoms with Crippen molar-refractivity contribution in [2.45, 2.75) is 6.42 Å². The van der Waals surface area contributed by atoms with Crippen LogP contribution in [0.1, 0.15) is 21.5 Å². The Bertz CT molecular complexity index is 871. The van der Waals surface area contributed by atoms with Crippen LogP contribution < -0.4 is 9.47 Å². The van der Waals surface area contributed by atoms with Crippen molar-refractivity contribution >= 4 is 11.9 Å². The molecule has 0 saturated carbocycles. The molecule has 0 saturated heterocycles. The lowest BCUT2D eigenvalue weighted by Gasteiger charge is -2.17. The van der Waals surface area contributed by atoms with Gasteiger partial charge in [0, 0.05) is 13.6 Å². The van der Waals surface area contributed by atoms with Crippen LogP contribution in [-0.4, -0.2) is 51.2 Å². The lowest BCUT2D eigenvalue weighted by atomic mass is 10.1. The van der Waals surface area contributed by atoms with Crippen LogP contribution in [0.3, 0.4) is 0 Å².